The van der Waals surface area contributed by atoms with Crippen LogP contribution in [0.15, 0.2) is 42.6 Å². The van der Waals surface area contributed by atoms with E-state index in [1.165, 1.54) is 25.1 Å². The largest absolute Gasteiger partial charge is 0.456 e. The third-order valence-electron chi connectivity index (χ3n) is 4.26. The third-order valence-corrected chi connectivity index (χ3v) is 4.26. The van der Waals surface area contributed by atoms with Gasteiger partial charge in [0.15, 0.2) is 5.75 Å². The van der Waals surface area contributed by atoms with Crippen LogP contribution in [0, 0.1) is 0 Å². The van der Waals surface area contributed by atoms with Gasteiger partial charge < -0.3 is 24.9 Å². The molecule has 0 radical (unpaired) electrons. The molecule has 1 unspecified atom stereocenters. The number of alkyl halides is 6. The van der Waals surface area contributed by atoms with Gasteiger partial charge in [0.2, 0.25) is 6.29 Å². The lowest BCUT2D eigenvalue weighted by molar-refractivity contribution is -0.151. The fourth-order valence-corrected chi connectivity index (χ4v) is 2.88. The Bertz CT molecular complexity index is 1090. The van der Waals surface area contributed by atoms with E-state index in [4.69, 9.17) is 4.74 Å². The van der Waals surface area contributed by atoms with E-state index < -0.39 is 47.1 Å². The summed E-state index contributed by atoms with van der Waals surface area (Å²) in [6.07, 6.45) is -11.0. The zero-order chi connectivity index (χ0) is 23.7. The number of halogens is 6. The van der Waals surface area contributed by atoms with E-state index in [1.807, 2.05) is 0 Å². The molecule has 0 fully saturated rings. The molecule has 3 N–H and O–H groups in total. The first-order valence-corrected chi connectivity index (χ1v) is 9.08. The second-order valence-electron chi connectivity index (χ2n) is 6.52. The summed E-state index contributed by atoms with van der Waals surface area (Å²) in [4.78, 5) is 14.7. The Morgan fingerprint density at radius 2 is 1.69 bits per heavy atom. The molecule has 0 aliphatic carbocycles. The minimum absolute atomic E-state index is 0.117. The van der Waals surface area contributed by atoms with E-state index in [2.05, 4.69) is 9.72 Å². The van der Waals surface area contributed by atoms with Gasteiger partial charge in [0.25, 0.3) is 5.91 Å². The number of amides is 1. The molecule has 0 aliphatic rings. The molecule has 0 bridgehead atoms. The number of hydrogen-bond donors (Lipinski definition) is 3. The minimum Gasteiger partial charge on any atom is -0.456 e. The molecule has 1 heterocycles. The zero-order valence-electron chi connectivity index (χ0n) is 16.3. The number of H-pyrrole nitrogens is 1. The smallest absolute Gasteiger partial charge is 0.420 e. The maximum absolute atomic E-state index is 13.7. The van der Waals surface area contributed by atoms with Crippen molar-refractivity contribution < 1.29 is 45.7 Å². The summed E-state index contributed by atoms with van der Waals surface area (Å²) < 4.78 is 91.7. The number of rotatable bonds is 6. The molecule has 0 saturated carbocycles. The molecule has 2 aromatic carbocycles. The highest BCUT2D eigenvalue weighted by Gasteiger charge is 2.43. The summed E-state index contributed by atoms with van der Waals surface area (Å²) in [6, 6.07) is 6.08. The molecule has 0 aliphatic heterocycles. The van der Waals surface area contributed by atoms with Gasteiger partial charge >= 0.3 is 12.4 Å². The SMILES string of the molecule is CCOC(O)C(=O)Nc1cc(C(F)(F)F)c(Oc2ccc3[nH]ccc3c2)c(C(F)(F)F)c1. The Morgan fingerprint density at radius 1 is 1.06 bits per heavy atom. The predicted octanol–water partition coefficient (Wildman–Crippen LogP) is 5.29. The van der Waals surface area contributed by atoms with Crippen molar-refractivity contribution in [3.8, 4) is 11.5 Å². The molecule has 172 valence electrons. The number of carbonyl (C=O) groups excluding carboxylic acids is 1. The molecule has 1 aromatic heterocycles. The Kier molecular flexibility index (Phi) is 6.37. The number of aliphatic hydroxyl groups is 1. The summed E-state index contributed by atoms with van der Waals surface area (Å²) >= 11 is 0. The first-order chi connectivity index (χ1) is 14.9. The lowest BCUT2D eigenvalue weighted by Crippen LogP contribution is -2.30. The highest BCUT2D eigenvalue weighted by atomic mass is 19.4. The molecule has 1 amide bonds. The van der Waals surface area contributed by atoms with Crippen LogP contribution in [0.1, 0.15) is 18.1 Å². The highest BCUT2D eigenvalue weighted by molar-refractivity contribution is 5.93. The zero-order valence-corrected chi connectivity index (χ0v) is 16.3. The van der Waals surface area contributed by atoms with Crippen molar-refractivity contribution in [2.24, 2.45) is 0 Å². The van der Waals surface area contributed by atoms with Crippen LogP contribution in [0.5, 0.6) is 11.5 Å². The lowest BCUT2D eigenvalue weighted by Gasteiger charge is -2.21. The van der Waals surface area contributed by atoms with Crippen LogP contribution in [0.3, 0.4) is 0 Å². The molecule has 3 rings (SSSR count). The van der Waals surface area contributed by atoms with E-state index in [0.29, 0.717) is 10.9 Å². The van der Waals surface area contributed by atoms with Crippen molar-refractivity contribution in [3.63, 3.8) is 0 Å². The van der Waals surface area contributed by atoms with Crippen molar-refractivity contribution in [2.45, 2.75) is 25.6 Å². The van der Waals surface area contributed by atoms with Crippen molar-refractivity contribution >= 4 is 22.5 Å². The maximum atomic E-state index is 13.7. The van der Waals surface area contributed by atoms with Crippen molar-refractivity contribution in [2.75, 3.05) is 11.9 Å². The molecule has 12 heteroatoms. The van der Waals surface area contributed by atoms with E-state index in [-0.39, 0.29) is 24.5 Å². The van der Waals surface area contributed by atoms with Gasteiger partial charge in [-0.25, -0.2) is 0 Å². The first kappa shape index (κ1) is 23.4. The normalized spacial score (nSPS) is 13.2. The Hall–Kier alpha value is -3.25. The average Bonchev–Trinajstić information content (AvgIpc) is 3.15. The van der Waals surface area contributed by atoms with E-state index in [1.54, 1.807) is 17.6 Å². The fourth-order valence-electron chi connectivity index (χ4n) is 2.88. The van der Waals surface area contributed by atoms with Gasteiger partial charge in [-0.3, -0.25) is 4.79 Å². The van der Waals surface area contributed by atoms with Crippen LogP contribution in [0.2, 0.25) is 0 Å². The molecule has 1 atom stereocenters. The number of aliphatic hydroxyl groups excluding tert-OH is 1. The van der Waals surface area contributed by atoms with Crippen LogP contribution in [0.25, 0.3) is 10.9 Å². The number of aromatic nitrogens is 1. The van der Waals surface area contributed by atoms with Gasteiger partial charge in [0.05, 0.1) is 0 Å². The number of ether oxygens (including phenoxy) is 2. The number of nitrogens with one attached hydrogen (secondary N) is 2. The number of aromatic amines is 1. The monoisotopic (exact) mass is 462 g/mol. The van der Waals surface area contributed by atoms with Gasteiger partial charge in [-0.15, -0.1) is 0 Å². The van der Waals surface area contributed by atoms with E-state index >= 15 is 0 Å². The second-order valence-corrected chi connectivity index (χ2v) is 6.52. The third kappa shape index (κ3) is 5.14. The average molecular weight is 462 g/mol. The van der Waals surface area contributed by atoms with Crippen molar-refractivity contribution in [3.05, 3.63) is 53.7 Å². The summed E-state index contributed by atoms with van der Waals surface area (Å²) in [5.74, 6) is -3.06. The molecule has 32 heavy (non-hydrogen) atoms. The molecular formula is C20H16F6N2O4. The second kappa shape index (κ2) is 8.71. The Balaban J connectivity index is 2.10. The molecule has 0 spiro atoms. The summed E-state index contributed by atoms with van der Waals surface area (Å²) in [5.41, 5.74) is -3.76. The highest BCUT2D eigenvalue weighted by Crippen LogP contribution is 2.47. The van der Waals surface area contributed by atoms with Gasteiger partial charge in [-0.2, -0.15) is 26.3 Å². The number of carbonyl (C=O) groups is 1. The van der Waals surface area contributed by atoms with E-state index in [9.17, 15) is 36.2 Å². The number of fused-ring (bicyclic) bond motifs is 1. The molecule has 6 nitrogen and oxygen atoms in total. The van der Waals surface area contributed by atoms with Crippen molar-refractivity contribution in [1.82, 2.24) is 4.98 Å². The molecular weight excluding hydrogens is 446 g/mol. The first-order valence-electron chi connectivity index (χ1n) is 9.08. The standard InChI is InChI=1S/C20H16F6N2O4/c1-2-31-18(30)17(29)28-11-8-13(19(21,22)23)16(14(9-11)20(24,25)26)32-12-3-4-15-10(7-12)5-6-27-15/h3-9,18,27,30H,2H2,1H3,(H,28,29). The van der Waals surface area contributed by atoms with Gasteiger partial charge in [0, 0.05) is 29.4 Å². The minimum atomic E-state index is -5.26. The molecule has 0 saturated heterocycles. The van der Waals surface area contributed by atoms with Gasteiger partial charge in [-0.1, -0.05) is 0 Å². The van der Waals surface area contributed by atoms with Crippen LogP contribution in [0.4, 0.5) is 32.0 Å². The quantitative estimate of drug-likeness (QED) is 0.343. The Labute approximate surface area is 176 Å². The summed E-state index contributed by atoms with van der Waals surface area (Å²) in [7, 11) is 0. The fraction of sp³-hybridized carbons (Fsp3) is 0.250. The van der Waals surface area contributed by atoms with Crippen LogP contribution < -0.4 is 10.1 Å². The van der Waals surface area contributed by atoms with Crippen molar-refractivity contribution in [1.29, 1.82) is 0 Å². The number of benzene rings is 2. The predicted molar refractivity (Wildman–Crippen MR) is 101 cm³/mol. The maximum Gasteiger partial charge on any atom is 0.420 e. The summed E-state index contributed by atoms with van der Waals surface area (Å²) in [5, 5.41) is 11.8. The lowest BCUT2D eigenvalue weighted by atomic mass is 10.1. The topological polar surface area (TPSA) is 83.6 Å². The number of hydrogen-bond acceptors (Lipinski definition) is 4. The Morgan fingerprint density at radius 3 is 2.25 bits per heavy atom. The van der Waals surface area contributed by atoms with E-state index in [0.717, 1.165) is 0 Å². The van der Waals surface area contributed by atoms with Gasteiger partial charge in [0.1, 0.15) is 16.9 Å². The summed E-state index contributed by atoms with van der Waals surface area (Å²) in [6.45, 7) is 1.31. The van der Waals surface area contributed by atoms with Crippen LogP contribution in [-0.4, -0.2) is 28.9 Å². The molecule has 3 aromatic rings. The number of anilines is 1. The van der Waals surface area contributed by atoms with Crippen LogP contribution >= 0.6 is 0 Å². The van der Waals surface area contributed by atoms with Crippen LogP contribution in [-0.2, 0) is 21.9 Å². The van der Waals surface area contributed by atoms with Gasteiger partial charge in [-0.05, 0) is 43.3 Å².